The lowest BCUT2D eigenvalue weighted by Gasteiger charge is -2.22. The number of carbonyl (C=O) groups excluding carboxylic acids is 1. The molecule has 2 atom stereocenters. The van der Waals surface area contributed by atoms with Crippen LogP contribution >= 0.6 is 23.1 Å². The molecule has 0 spiro atoms. The number of aryl methyl sites for hydroxylation is 1. The van der Waals surface area contributed by atoms with E-state index in [0.717, 1.165) is 24.2 Å². The lowest BCUT2D eigenvalue weighted by atomic mass is 10.1. The Bertz CT molecular complexity index is 431. The Kier molecular flexibility index (Phi) is 5.30. The molecule has 1 amide bonds. The molecule has 0 aromatic carbocycles. The number of nitrogens with one attached hydrogen (secondary N) is 1. The van der Waals surface area contributed by atoms with E-state index in [1.807, 2.05) is 0 Å². The van der Waals surface area contributed by atoms with Crippen LogP contribution in [0.2, 0.25) is 0 Å². The maximum absolute atomic E-state index is 12.2. The number of carbonyl (C=O) groups is 1. The van der Waals surface area contributed by atoms with Gasteiger partial charge in [-0.25, -0.2) is 0 Å². The quantitative estimate of drug-likeness (QED) is 0.878. The summed E-state index contributed by atoms with van der Waals surface area (Å²) in [6.07, 6.45) is 1.35. The van der Waals surface area contributed by atoms with Crippen molar-refractivity contribution in [2.75, 3.05) is 12.3 Å². The van der Waals surface area contributed by atoms with Crippen molar-refractivity contribution in [2.24, 2.45) is 5.92 Å². The molecule has 0 fully saturated rings. The molecule has 2 heterocycles. The molecule has 106 valence electrons. The van der Waals surface area contributed by atoms with E-state index >= 15 is 0 Å². The van der Waals surface area contributed by atoms with Crippen LogP contribution in [-0.2, 0) is 11.2 Å². The molecular weight excluding hydrogens is 278 g/mol. The lowest BCUT2D eigenvalue weighted by Crippen LogP contribution is -2.36. The van der Waals surface area contributed by atoms with E-state index < -0.39 is 6.10 Å². The highest BCUT2D eigenvalue weighted by Gasteiger charge is 2.28. The number of hydrogen-bond acceptors (Lipinski definition) is 4. The summed E-state index contributed by atoms with van der Waals surface area (Å²) in [5, 5.41) is 14.6. The standard InChI is InChI=1S/C14H21NO2S2/c1-9(2)7-10(16)8-15-14(17)13-11-3-5-18-12(11)4-6-19-13/h3,5,9-10,13,16H,4,6-8H2,1-2H3,(H,15,17). The molecule has 19 heavy (non-hydrogen) atoms. The average Bonchev–Trinajstić information content (AvgIpc) is 2.83. The third-order valence-corrected chi connectivity index (χ3v) is 5.41. The van der Waals surface area contributed by atoms with E-state index in [0.29, 0.717) is 12.5 Å². The monoisotopic (exact) mass is 299 g/mol. The Morgan fingerprint density at radius 2 is 2.37 bits per heavy atom. The summed E-state index contributed by atoms with van der Waals surface area (Å²) >= 11 is 3.43. The Morgan fingerprint density at radius 3 is 3.11 bits per heavy atom. The highest BCUT2D eigenvalue weighted by Crippen LogP contribution is 2.39. The zero-order valence-corrected chi connectivity index (χ0v) is 13.0. The molecule has 0 aliphatic carbocycles. The van der Waals surface area contributed by atoms with Crippen LogP contribution in [0.5, 0.6) is 0 Å². The fourth-order valence-corrected chi connectivity index (χ4v) is 4.62. The van der Waals surface area contributed by atoms with Gasteiger partial charge in [-0.05, 0) is 41.5 Å². The predicted molar refractivity (Wildman–Crippen MR) is 81.7 cm³/mol. The number of thioether (sulfide) groups is 1. The first-order chi connectivity index (χ1) is 9.08. The van der Waals surface area contributed by atoms with Crippen molar-refractivity contribution in [3.8, 4) is 0 Å². The van der Waals surface area contributed by atoms with Crippen LogP contribution in [0.3, 0.4) is 0 Å². The smallest absolute Gasteiger partial charge is 0.237 e. The van der Waals surface area contributed by atoms with Crippen LogP contribution in [-0.4, -0.2) is 29.4 Å². The summed E-state index contributed by atoms with van der Waals surface area (Å²) in [4.78, 5) is 13.5. The van der Waals surface area contributed by atoms with Gasteiger partial charge in [0.05, 0.1) is 6.10 Å². The molecule has 1 aliphatic rings. The Labute approximate surface area is 122 Å². The van der Waals surface area contributed by atoms with Gasteiger partial charge in [-0.2, -0.15) is 0 Å². The second-order valence-electron chi connectivity index (χ2n) is 5.33. The first-order valence-electron chi connectivity index (χ1n) is 6.71. The molecule has 0 saturated carbocycles. The van der Waals surface area contributed by atoms with E-state index in [1.54, 1.807) is 23.1 Å². The normalized spacial score (nSPS) is 20.1. The number of thiophene rings is 1. The Hall–Kier alpha value is -0.520. The van der Waals surface area contributed by atoms with E-state index in [4.69, 9.17) is 0 Å². The highest BCUT2D eigenvalue weighted by atomic mass is 32.2. The first kappa shape index (κ1) is 14.9. The van der Waals surface area contributed by atoms with Crippen LogP contribution in [0.25, 0.3) is 0 Å². The Morgan fingerprint density at radius 1 is 1.58 bits per heavy atom. The van der Waals surface area contributed by atoms with Crippen molar-refractivity contribution >= 4 is 29.0 Å². The molecule has 2 unspecified atom stereocenters. The van der Waals surface area contributed by atoms with Crippen molar-refractivity contribution in [1.29, 1.82) is 0 Å². The van der Waals surface area contributed by atoms with Gasteiger partial charge in [0.15, 0.2) is 0 Å². The summed E-state index contributed by atoms with van der Waals surface area (Å²) in [7, 11) is 0. The molecule has 3 nitrogen and oxygen atoms in total. The molecular formula is C14H21NO2S2. The van der Waals surface area contributed by atoms with Gasteiger partial charge in [-0.15, -0.1) is 23.1 Å². The van der Waals surface area contributed by atoms with E-state index in [-0.39, 0.29) is 11.2 Å². The minimum absolute atomic E-state index is 0.0344. The highest BCUT2D eigenvalue weighted by molar-refractivity contribution is 8.00. The van der Waals surface area contributed by atoms with Gasteiger partial charge in [0.1, 0.15) is 5.25 Å². The lowest BCUT2D eigenvalue weighted by molar-refractivity contribution is -0.121. The van der Waals surface area contributed by atoms with Crippen molar-refractivity contribution in [1.82, 2.24) is 5.32 Å². The fourth-order valence-electron chi connectivity index (χ4n) is 2.30. The summed E-state index contributed by atoms with van der Waals surface area (Å²) in [5.74, 6) is 1.48. The third kappa shape index (κ3) is 3.97. The van der Waals surface area contributed by atoms with Crippen LogP contribution in [0.1, 0.15) is 36.0 Å². The van der Waals surface area contributed by atoms with E-state index in [2.05, 4.69) is 30.6 Å². The van der Waals surface area contributed by atoms with Crippen LogP contribution in [0.15, 0.2) is 11.4 Å². The van der Waals surface area contributed by atoms with E-state index in [9.17, 15) is 9.90 Å². The summed E-state index contributed by atoms with van der Waals surface area (Å²) < 4.78 is 0. The molecule has 2 rings (SSSR count). The van der Waals surface area contributed by atoms with Gasteiger partial charge in [0, 0.05) is 11.4 Å². The van der Waals surface area contributed by atoms with Gasteiger partial charge in [-0.1, -0.05) is 13.8 Å². The molecule has 5 heteroatoms. The SMILES string of the molecule is CC(C)CC(O)CNC(=O)C1SCCc2sccc21. The number of hydrogen-bond donors (Lipinski definition) is 2. The zero-order chi connectivity index (χ0) is 13.8. The topological polar surface area (TPSA) is 49.3 Å². The molecule has 1 aromatic heterocycles. The van der Waals surface area contributed by atoms with Crippen LogP contribution in [0, 0.1) is 5.92 Å². The summed E-state index contributed by atoms with van der Waals surface area (Å²) in [5.41, 5.74) is 1.16. The molecule has 0 radical (unpaired) electrons. The van der Waals surface area contributed by atoms with Gasteiger partial charge >= 0.3 is 0 Å². The van der Waals surface area contributed by atoms with Crippen molar-refractivity contribution in [3.05, 3.63) is 21.9 Å². The van der Waals surface area contributed by atoms with Gasteiger partial charge in [0.25, 0.3) is 0 Å². The van der Waals surface area contributed by atoms with Crippen LogP contribution < -0.4 is 5.32 Å². The minimum Gasteiger partial charge on any atom is -0.391 e. The van der Waals surface area contributed by atoms with Gasteiger partial charge < -0.3 is 10.4 Å². The maximum Gasteiger partial charge on any atom is 0.237 e. The molecule has 2 N–H and O–H groups in total. The van der Waals surface area contributed by atoms with Gasteiger partial charge in [-0.3, -0.25) is 4.79 Å². The van der Waals surface area contributed by atoms with Crippen LogP contribution in [0.4, 0.5) is 0 Å². The second-order valence-corrected chi connectivity index (χ2v) is 7.54. The van der Waals surface area contributed by atoms with Crippen molar-refractivity contribution < 1.29 is 9.90 Å². The van der Waals surface area contributed by atoms with Crippen molar-refractivity contribution in [3.63, 3.8) is 0 Å². The number of fused-ring (bicyclic) bond motifs is 1. The maximum atomic E-state index is 12.2. The summed E-state index contributed by atoms with van der Waals surface area (Å²) in [6.45, 7) is 4.49. The third-order valence-electron chi connectivity index (χ3n) is 3.17. The molecule has 1 aliphatic heterocycles. The van der Waals surface area contributed by atoms with Crippen molar-refractivity contribution in [2.45, 2.75) is 38.0 Å². The summed E-state index contributed by atoms with van der Waals surface area (Å²) in [6, 6.07) is 2.06. The van der Waals surface area contributed by atoms with E-state index in [1.165, 1.54) is 4.88 Å². The average molecular weight is 299 g/mol. The number of aliphatic hydroxyl groups is 1. The molecule has 0 bridgehead atoms. The largest absolute Gasteiger partial charge is 0.391 e. The first-order valence-corrected chi connectivity index (χ1v) is 8.64. The zero-order valence-electron chi connectivity index (χ0n) is 11.4. The van der Waals surface area contributed by atoms with Gasteiger partial charge in [0.2, 0.25) is 5.91 Å². The number of amides is 1. The predicted octanol–water partition coefficient (Wildman–Crippen LogP) is 2.60. The molecule has 0 saturated heterocycles. The minimum atomic E-state index is -0.445. The molecule has 1 aromatic rings. The number of rotatable bonds is 5. The second kappa shape index (κ2) is 6.77. The fraction of sp³-hybridized carbons (Fsp3) is 0.643. The number of aliphatic hydroxyl groups excluding tert-OH is 1. The Balaban J connectivity index is 1.88.